The van der Waals surface area contributed by atoms with Crippen LogP contribution < -0.4 is 11.1 Å². The van der Waals surface area contributed by atoms with Crippen molar-refractivity contribution in [3.05, 3.63) is 0 Å². The molecule has 0 fully saturated rings. The zero-order chi connectivity index (χ0) is 16.1. The second kappa shape index (κ2) is 13.0. The topological polar surface area (TPSA) is 76.8 Å². The van der Waals surface area contributed by atoms with Gasteiger partial charge in [-0.3, -0.25) is 9.69 Å². The van der Waals surface area contributed by atoms with Crippen LogP contribution in [0.15, 0.2) is 0 Å². The molecule has 1 unspecified atom stereocenters. The minimum atomic E-state index is -0.293. The maximum atomic E-state index is 11.5. The van der Waals surface area contributed by atoms with Crippen molar-refractivity contribution in [1.29, 1.82) is 0 Å². The summed E-state index contributed by atoms with van der Waals surface area (Å²) in [5, 5.41) is 3.21. The van der Waals surface area contributed by atoms with Gasteiger partial charge in [-0.2, -0.15) is 0 Å². The van der Waals surface area contributed by atoms with Gasteiger partial charge in [0.25, 0.3) is 0 Å². The van der Waals surface area contributed by atoms with Gasteiger partial charge < -0.3 is 20.5 Å². The van der Waals surface area contributed by atoms with E-state index in [1.165, 1.54) is 0 Å². The Bertz CT molecular complexity index is 253. The van der Waals surface area contributed by atoms with Crippen LogP contribution in [0.25, 0.3) is 0 Å². The summed E-state index contributed by atoms with van der Waals surface area (Å²) in [4.78, 5) is 13.7. The average molecular weight is 303 g/mol. The van der Waals surface area contributed by atoms with Crippen molar-refractivity contribution >= 4 is 5.91 Å². The van der Waals surface area contributed by atoms with E-state index in [0.29, 0.717) is 19.6 Å². The molecule has 0 aromatic heterocycles. The maximum absolute atomic E-state index is 11.5. The zero-order valence-corrected chi connectivity index (χ0v) is 14.1. The Hall–Kier alpha value is -0.690. The molecule has 126 valence electrons. The third-order valence-corrected chi connectivity index (χ3v) is 3.12. The lowest BCUT2D eigenvalue weighted by Crippen LogP contribution is -2.46. The fourth-order valence-corrected chi connectivity index (χ4v) is 2.03. The van der Waals surface area contributed by atoms with E-state index < -0.39 is 0 Å². The molecule has 3 N–H and O–H groups in total. The number of carbonyl (C=O) groups excluding carboxylic acids is 1. The lowest BCUT2D eigenvalue weighted by atomic mass is 10.1. The Morgan fingerprint density at radius 1 is 1.10 bits per heavy atom. The van der Waals surface area contributed by atoms with Crippen LogP contribution in [-0.2, 0) is 14.3 Å². The van der Waals surface area contributed by atoms with Gasteiger partial charge in [-0.25, -0.2) is 0 Å². The molecule has 0 saturated carbocycles. The van der Waals surface area contributed by atoms with Gasteiger partial charge in [0.1, 0.15) is 0 Å². The predicted octanol–water partition coefficient (Wildman–Crippen LogP) is 0.603. The van der Waals surface area contributed by atoms with Gasteiger partial charge in [0.15, 0.2) is 0 Å². The Kier molecular flexibility index (Phi) is 12.6. The number of carbonyl (C=O) groups is 1. The summed E-state index contributed by atoms with van der Waals surface area (Å²) >= 11 is 0. The molecule has 0 aliphatic rings. The van der Waals surface area contributed by atoms with E-state index in [0.717, 1.165) is 32.8 Å². The first-order valence-corrected chi connectivity index (χ1v) is 7.94. The van der Waals surface area contributed by atoms with E-state index in [9.17, 15) is 4.79 Å². The summed E-state index contributed by atoms with van der Waals surface area (Å²) in [7, 11) is 0. The average Bonchev–Trinajstić information content (AvgIpc) is 2.42. The number of nitrogens with zero attached hydrogens (tertiary/aromatic N) is 1. The number of nitrogens with two attached hydrogens (primary N) is 1. The summed E-state index contributed by atoms with van der Waals surface area (Å²) in [6.45, 7) is 13.3. The summed E-state index contributed by atoms with van der Waals surface area (Å²) < 4.78 is 10.8. The molecule has 6 heteroatoms. The van der Waals surface area contributed by atoms with Crippen LogP contribution in [0.2, 0.25) is 0 Å². The van der Waals surface area contributed by atoms with E-state index in [-0.39, 0.29) is 18.0 Å². The normalized spacial score (nSPS) is 13.0. The molecule has 0 spiro atoms. The van der Waals surface area contributed by atoms with Crippen LogP contribution in [0.5, 0.6) is 0 Å². The molecular weight excluding hydrogens is 270 g/mol. The fourth-order valence-electron chi connectivity index (χ4n) is 2.03. The maximum Gasteiger partial charge on any atom is 0.234 e. The molecule has 1 amide bonds. The fraction of sp³-hybridized carbons (Fsp3) is 0.933. The molecule has 0 aliphatic carbocycles. The smallest absolute Gasteiger partial charge is 0.234 e. The highest BCUT2D eigenvalue weighted by Gasteiger charge is 2.17. The summed E-state index contributed by atoms with van der Waals surface area (Å²) in [5.74, 6) is -0.293. The molecule has 1 atom stereocenters. The largest absolute Gasteiger partial charge is 0.380 e. The molecule has 0 aliphatic heterocycles. The van der Waals surface area contributed by atoms with Crippen molar-refractivity contribution in [3.63, 3.8) is 0 Å². The number of hydrogen-bond acceptors (Lipinski definition) is 5. The van der Waals surface area contributed by atoms with Gasteiger partial charge in [-0.15, -0.1) is 0 Å². The first-order chi connectivity index (χ1) is 10.0. The molecule has 21 heavy (non-hydrogen) atoms. The molecular formula is C15H33N3O3. The van der Waals surface area contributed by atoms with Crippen molar-refractivity contribution in [2.75, 3.05) is 46.1 Å². The first-order valence-electron chi connectivity index (χ1n) is 7.94. The van der Waals surface area contributed by atoms with Crippen LogP contribution in [0.4, 0.5) is 0 Å². The van der Waals surface area contributed by atoms with Crippen molar-refractivity contribution in [3.8, 4) is 0 Å². The Morgan fingerprint density at radius 2 is 1.62 bits per heavy atom. The zero-order valence-electron chi connectivity index (χ0n) is 14.1. The quantitative estimate of drug-likeness (QED) is 0.460. The Labute approximate surface area is 129 Å². The summed E-state index contributed by atoms with van der Waals surface area (Å²) in [6, 6.07) is -0.0468. The van der Waals surface area contributed by atoms with Crippen LogP contribution in [0.1, 0.15) is 34.1 Å². The van der Waals surface area contributed by atoms with Crippen molar-refractivity contribution < 1.29 is 14.3 Å². The van der Waals surface area contributed by atoms with E-state index >= 15 is 0 Å². The summed E-state index contributed by atoms with van der Waals surface area (Å²) in [6.07, 6.45) is 0.700. The number of hydrogen-bond donors (Lipinski definition) is 2. The van der Waals surface area contributed by atoms with Crippen LogP contribution in [0, 0.1) is 0 Å². The number of nitrogens with one attached hydrogen (secondary N) is 1. The van der Waals surface area contributed by atoms with Crippen LogP contribution in [-0.4, -0.2) is 69.0 Å². The lowest BCUT2D eigenvalue weighted by Gasteiger charge is -2.25. The van der Waals surface area contributed by atoms with E-state index in [4.69, 9.17) is 15.2 Å². The molecule has 0 aromatic carbocycles. The van der Waals surface area contributed by atoms with E-state index in [1.54, 1.807) is 0 Å². The molecule has 0 radical (unpaired) electrons. The predicted molar refractivity (Wildman–Crippen MR) is 85.3 cm³/mol. The molecule has 0 saturated heterocycles. The lowest BCUT2D eigenvalue weighted by molar-refractivity contribution is -0.120. The number of amides is 1. The standard InChI is InChI=1S/C15H33N3O3/c1-5-20-11-9-18(10-12-21-6-2)8-7-14(15(16)19)17-13(3)4/h13-14,17H,5-12H2,1-4H3,(H2,16,19). The minimum absolute atomic E-state index is 0.239. The highest BCUT2D eigenvalue weighted by Crippen LogP contribution is 1.99. The monoisotopic (exact) mass is 303 g/mol. The van der Waals surface area contributed by atoms with Gasteiger partial charge in [0, 0.05) is 38.9 Å². The van der Waals surface area contributed by atoms with Crippen molar-refractivity contribution in [2.45, 2.75) is 46.2 Å². The highest BCUT2D eigenvalue weighted by atomic mass is 16.5. The molecule has 0 rings (SSSR count). The second-order valence-corrected chi connectivity index (χ2v) is 5.30. The SMILES string of the molecule is CCOCCN(CCOCC)CCC(NC(C)C)C(N)=O. The third-order valence-electron chi connectivity index (χ3n) is 3.12. The highest BCUT2D eigenvalue weighted by molar-refractivity contribution is 5.79. The number of ether oxygens (including phenoxy) is 2. The van der Waals surface area contributed by atoms with Crippen LogP contribution >= 0.6 is 0 Å². The van der Waals surface area contributed by atoms with Crippen molar-refractivity contribution in [2.24, 2.45) is 5.73 Å². The third kappa shape index (κ3) is 11.6. The molecule has 0 aromatic rings. The van der Waals surface area contributed by atoms with Gasteiger partial charge in [0.2, 0.25) is 5.91 Å². The Morgan fingerprint density at radius 3 is 2.00 bits per heavy atom. The first kappa shape index (κ1) is 20.3. The molecule has 6 nitrogen and oxygen atoms in total. The van der Waals surface area contributed by atoms with E-state index in [2.05, 4.69) is 10.2 Å². The van der Waals surface area contributed by atoms with Crippen molar-refractivity contribution in [1.82, 2.24) is 10.2 Å². The second-order valence-electron chi connectivity index (χ2n) is 5.30. The van der Waals surface area contributed by atoms with Gasteiger partial charge in [0.05, 0.1) is 19.3 Å². The Balaban J connectivity index is 4.23. The summed E-state index contributed by atoms with van der Waals surface area (Å²) in [5.41, 5.74) is 5.45. The number of rotatable bonds is 14. The molecule has 0 heterocycles. The molecule has 0 bridgehead atoms. The van der Waals surface area contributed by atoms with Gasteiger partial charge >= 0.3 is 0 Å². The minimum Gasteiger partial charge on any atom is -0.380 e. The van der Waals surface area contributed by atoms with Gasteiger partial charge in [-0.05, 0) is 20.3 Å². The van der Waals surface area contributed by atoms with E-state index in [1.807, 2.05) is 27.7 Å². The van der Waals surface area contributed by atoms with Gasteiger partial charge in [-0.1, -0.05) is 13.8 Å². The number of primary amides is 1. The van der Waals surface area contributed by atoms with Crippen LogP contribution in [0.3, 0.4) is 0 Å².